The van der Waals surface area contributed by atoms with Crippen LogP contribution in [0.15, 0.2) is 66.7 Å². The van der Waals surface area contributed by atoms with Gasteiger partial charge in [-0.05, 0) is 71.8 Å². The van der Waals surface area contributed by atoms with Crippen molar-refractivity contribution < 1.29 is 19.1 Å². The molecule has 0 bridgehead atoms. The number of rotatable bonds is 14. The van der Waals surface area contributed by atoms with Gasteiger partial charge in [0.15, 0.2) is 0 Å². The number of carbonyl (C=O) groups is 2. The molecule has 0 saturated carbocycles. The minimum Gasteiger partial charge on any atom is -0.425 e. The molecule has 0 aliphatic carbocycles. The summed E-state index contributed by atoms with van der Waals surface area (Å²) >= 11 is 6.07. The molecule has 210 valence electrons. The summed E-state index contributed by atoms with van der Waals surface area (Å²) in [6.45, 7) is 5.94. The summed E-state index contributed by atoms with van der Waals surface area (Å²) < 4.78 is 10.9. The number of unbranched alkanes of at least 4 members (excludes halogenated alkanes) is 6. The molecule has 0 amide bonds. The first kappa shape index (κ1) is 30.9. The Kier molecular flexibility index (Phi) is 12.2. The van der Waals surface area contributed by atoms with Crippen LogP contribution in [0.4, 0.5) is 0 Å². The van der Waals surface area contributed by atoms with Crippen LogP contribution in [-0.4, -0.2) is 17.3 Å². The predicted octanol–water partition coefficient (Wildman–Crippen LogP) is 8.91. The molecule has 0 radical (unpaired) electrons. The fourth-order valence-electron chi connectivity index (χ4n) is 4.34. The van der Waals surface area contributed by atoms with Gasteiger partial charge in [0.1, 0.15) is 16.9 Å². The van der Waals surface area contributed by atoms with E-state index in [-0.39, 0.29) is 5.92 Å². The largest absolute Gasteiger partial charge is 0.425 e. The molecule has 5 nitrogen and oxygen atoms in total. The molecule has 0 saturated heterocycles. The lowest BCUT2D eigenvalue weighted by molar-refractivity contribution is -0.134. The Bertz CT molecular complexity index is 1290. The summed E-state index contributed by atoms with van der Waals surface area (Å²) in [5, 5.41) is 8.93. The second kappa shape index (κ2) is 15.8. The molecule has 0 aromatic heterocycles. The minimum atomic E-state index is -0.700. The third-order valence-corrected chi connectivity index (χ3v) is 7.48. The predicted molar refractivity (Wildman–Crippen MR) is 160 cm³/mol. The Morgan fingerprint density at radius 1 is 0.800 bits per heavy atom. The van der Waals surface area contributed by atoms with Gasteiger partial charge in [0.05, 0.1) is 17.2 Å². The van der Waals surface area contributed by atoms with Crippen LogP contribution < -0.4 is 9.47 Å². The maximum absolute atomic E-state index is 12.8. The van der Waals surface area contributed by atoms with E-state index >= 15 is 0 Å². The number of carbonyl (C=O) groups excluding carboxylic acids is 2. The van der Waals surface area contributed by atoms with Gasteiger partial charge in [-0.3, -0.25) is 4.79 Å². The summed E-state index contributed by atoms with van der Waals surface area (Å²) in [6, 6.07) is 21.7. The Balaban J connectivity index is 1.55. The number of nitrogens with zero attached hydrogens (tertiary/aromatic N) is 1. The van der Waals surface area contributed by atoms with Crippen LogP contribution in [0.3, 0.4) is 0 Å². The summed E-state index contributed by atoms with van der Waals surface area (Å²) in [6.07, 6.45) is 9.34. The fourth-order valence-corrected chi connectivity index (χ4v) is 4.38. The lowest BCUT2D eigenvalue weighted by Crippen LogP contribution is -2.25. The summed E-state index contributed by atoms with van der Waals surface area (Å²) in [5.41, 5.74) is 3.68. The standard InChI is InChI=1S/C34H38ClNO4/c1-4-5-6-7-8-9-10-11-25-12-13-28(22-29(25)23-36)33(37)39-30-18-14-26(15-19-30)27-16-20-31(21-17-27)40-34(38)32(35)24(2)3/h12-22,24,32H,4-11H2,1-3H3. The van der Waals surface area contributed by atoms with Crippen LogP contribution >= 0.6 is 11.6 Å². The van der Waals surface area contributed by atoms with E-state index in [2.05, 4.69) is 13.0 Å². The molecule has 0 aliphatic heterocycles. The highest BCUT2D eigenvalue weighted by atomic mass is 35.5. The lowest BCUT2D eigenvalue weighted by Gasteiger charge is -2.12. The van der Waals surface area contributed by atoms with Crippen molar-refractivity contribution in [1.82, 2.24) is 0 Å². The van der Waals surface area contributed by atoms with Gasteiger partial charge in [0.25, 0.3) is 0 Å². The zero-order chi connectivity index (χ0) is 28.9. The molecule has 0 N–H and O–H groups in total. The number of esters is 2. The maximum Gasteiger partial charge on any atom is 0.343 e. The molecule has 3 aromatic carbocycles. The number of aryl methyl sites for hydroxylation is 1. The quantitative estimate of drug-likeness (QED) is 0.0852. The van der Waals surface area contributed by atoms with Crippen molar-refractivity contribution in [2.24, 2.45) is 5.92 Å². The zero-order valence-electron chi connectivity index (χ0n) is 23.6. The Labute approximate surface area is 243 Å². The highest BCUT2D eigenvalue weighted by molar-refractivity contribution is 6.30. The third-order valence-electron chi connectivity index (χ3n) is 6.80. The Morgan fingerprint density at radius 3 is 1.90 bits per heavy atom. The van der Waals surface area contributed by atoms with Crippen LogP contribution in [0.1, 0.15) is 87.2 Å². The number of alkyl halides is 1. The van der Waals surface area contributed by atoms with Gasteiger partial charge in [-0.1, -0.05) is 89.6 Å². The van der Waals surface area contributed by atoms with E-state index < -0.39 is 17.3 Å². The summed E-state index contributed by atoms with van der Waals surface area (Å²) in [7, 11) is 0. The monoisotopic (exact) mass is 559 g/mol. The zero-order valence-corrected chi connectivity index (χ0v) is 24.4. The van der Waals surface area contributed by atoms with Crippen LogP contribution in [0.2, 0.25) is 0 Å². The van der Waals surface area contributed by atoms with E-state index in [1.165, 1.54) is 32.1 Å². The molecule has 1 unspecified atom stereocenters. The number of halogens is 1. The van der Waals surface area contributed by atoms with Crippen molar-refractivity contribution in [2.45, 2.75) is 77.5 Å². The van der Waals surface area contributed by atoms with Gasteiger partial charge in [0, 0.05) is 0 Å². The van der Waals surface area contributed by atoms with Crippen LogP contribution in [0.25, 0.3) is 11.1 Å². The van der Waals surface area contributed by atoms with Crippen molar-refractivity contribution >= 4 is 23.5 Å². The third kappa shape index (κ3) is 9.24. The van der Waals surface area contributed by atoms with E-state index in [9.17, 15) is 14.9 Å². The molecular formula is C34H38ClNO4. The number of nitriles is 1. The molecule has 0 heterocycles. The minimum absolute atomic E-state index is 0.0199. The van der Waals surface area contributed by atoms with Crippen molar-refractivity contribution in [1.29, 1.82) is 5.26 Å². The average Bonchev–Trinajstić information content (AvgIpc) is 2.97. The number of ether oxygens (including phenoxy) is 2. The number of hydrogen-bond acceptors (Lipinski definition) is 5. The van der Waals surface area contributed by atoms with Crippen molar-refractivity contribution in [3.05, 3.63) is 83.4 Å². The first-order valence-corrected chi connectivity index (χ1v) is 14.6. The van der Waals surface area contributed by atoms with Gasteiger partial charge in [-0.2, -0.15) is 5.26 Å². The Hall–Kier alpha value is -3.62. The maximum atomic E-state index is 12.8. The van der Waals surface area contributed by atoms with Gasteiger partial charge in [-0.25, -0.2) is 4.79 Å². The highest BCUT2D eigenvalue weighted by Crippen LogP contribution is 2.26. The van der Waals surface area contributed by atoms with Crippen molar-refractivity contribution in [3.8, 4) is 28.7 Å². The molecule has 40 heavy (non-hydrogen) atoms. The second-order valence-electron chi connectivity index (χ2n) is 10.4. The highest BCUT2D eigenvalue weighted by Gasteiger charge is 2.21. The molecule has 6 heteroatoms. The van der Waals surface area contributed by atoms with E-state index in [0.717, 1.165) is 36.0 Å². The first-order valence-electron chi connectivity index (χ1n) is 14.1. The van der Waals surface area contributed by atoms with Crippen LogP contribution in [-0.2, 0) is 11.2 Å². The van der Waals surface area contributed by atoms with E-state index in [1.54, 1.807) is 36.4 Å². The molecular weight excluding hydrogens is 522 g/mol. The normalized spacial score (nSPS) is 11.6. The second-order valence-corrected chi connectivity index (χ2v) is 10.8. The lowest BCUT2D eigenvalue weighted by atomic mass is 9.99. The van der Waals surface area contributed by atoms with E-state index in [1.807, 2.05) is 44.2 Å². The van der Waals surface area contributed by atoms with E-state index in [0.29, 0.717) is 22.6 Å². The fraction of sp³-hybridized carbons (Fsp3) is 0.382. The van der Waals surface area contributed by atoms with Crippen LogP contribution in [0.5, 0.6) is 11.5 Å². The summed E-state index contributed by atoms with van der Waals surface area (Å²) in [5.74, 6) is -0.159. The van der Waals surface area contributed by atoms with Gasteiger partial charge >= 0.3 is 11.9 Å². The molecule has 3 aromatic rings. The molecule has 0 spiro atoms. The van der Waals surface area contributed by atoms with Crippen molar-refractivity contribution in [2.75, 3.05) is 0 Å². The summed E-state index contributed by atoms with van der Waals surface area (Å²) in [4.78, 5) is 24.8. The first-order chi connectivity index (χ1) is 19.3. The van der Waals surface area contributed by atoms with Crippen molar-refractivity contribution in [3.63, 3.8) is 0 Å². The SMILES string of the molecule is CCCCCCCCCc1ccc(C(=O)Oc2ccc(-c3ccc(OC(=O)C(Cl)C(C)C)cc3)cc2)cc1C#N. The average molecular weight is 560 g/mol. The van der Waals surface area contributed by atoms with E-state index in [4.69, 9.17) is 21.1 Å². The number of benzene rings is 3. The topological polar surface area (TPSA) is 76.4 Å². The molecule has 1 atom stereocenters. The van der Waals surface area contributed by atoms with Gasteiger partial charge < -0.3 is 9.47 Å². The van der Waals surface area contributed by atoms with Gasteiger partial charge in [0.2, 0.25) is 0 Å². The molecule has 3 rings (SSSR count). The smallest absolute Gasteiger partial charge is 0.343 e. The van der Waals surface area contributed by atoms with Gasteiger partial charge in [-0.15, -0.1) is 11.6 Å². The number of hydrogen-bond donors (Lipinski definition) is 0. The Morgan fingerprint density at radius 2 is 1.35 bits per heavy atom. The van der Waals surface area contributed by atoms with Crippen LogP contribution in [0, 0.1) is 17.2 Å². The molecule has 0 aliphatic rings. The molecule has 0 fully saturated rings.